The number of aromatic nitrogens is 5. The van der Waals surface area contributed by atoms with E-state index in [-0.39, 0.29) is 11.5 Å². The topological polar surface area (TPSA) is 124 Å². The van der Waals surface area contributed by atoms with E-state index in [0.29, 0.717) is 11.6 Å². The van der Waals surface area contributed by atoms with E-state index in [9.17, 15) is 4.79 Å². The first-order valence-electron chi connectivity index (χ1n) is 7.88. The molecule has 0 radical (unpaired) electrons. The molecule has 0 atom stereocenters. The smallest absolute Gasteiger partial charge is 0.291 e. The molecule has 9 nitrogen and oxygen atoms in total. The molecule has 0 spiro atoms. The van der Waals surface area contributed by atoms with Crippen molar-refractivity contribution in [2.45, 2.75) is 20.8 Å². The third-order valence-corrected chi connectivity index (χ3v) is 3.49. The second-order valence-corrected chi connectivity index (χ2v) is 5.69. The van der Waals surface area contributed by atoms with Crippen LogP contribution in [0.5, 0.6) is 0 Å². The number of aryl methyl sites for hydroxylation is 3. The maximum absolute atomic E-state index is 12.3. The van der Waals surface area contributed by atoms with Gasteiger partial charge >= 0.3 is 0 Å². The zero-order chi connectivity index (χ0) is 18.7. The van der Waals surface area contributed by atoms with Crippen LogP contribution in [0.1, 0.15) is 33.3 Å². The van der Waals surface area contributed by atoms with E-state index >= 15 is 0 Å². The average Bonchev–Trinajstić information content (AvgIpc) is 3.01. The minimum atomic E-state index is -0.491. The number of pyridine rings is 1. The van der Waals surface area contributed by atoms with Crippen molar-refractivity contribution in [3.8, 4) is 5.95 Å². The lowest BCUT2D eigenvalue weighted by Crippen LogP contribution is -2.25. The molecular formula is C17H18N8O. The summed E-state index contributed by atoms with van der Waals surface area (Å²) in [6.45, 7) is 5.57. The van der Waals surface area contributed by atoms with Gasteiger partial charge in [-0.2, -0.15) is 10.2 Å². The lowest BCUT2D eigenvalue weighted by atomic mass is 10.3. The Labute approximate surface area is 150 Å². The molecule has 1 amide bonds. The molecule has 3 aromatic heterocycles. The van der Waals surface area contributed by atoms with Gasteiger partial charge in [-0.1, -0.05) is 6.07 Å². The summed E-state index contributed by atoms with van der Waals surface area (Å²) in [7, 11) is 0. The molecule has 26 heavy (non-hydrogen) atoms. The quantitative estimate of drug-likeness (QED) is 0.411. The largest absolute Gasteiger partial charge is 0.380 e. The standard InChI is InChI=1S/C17H18N8O/c1-10-8-11(2)21-17(20-10)25-12(3)9-14(24-25)16(26)23-22-15(18)13-6-4-5-7-19-13/h4-9H,1-3H3,(H2,18,22)(H,23,26). The number of amides is 1. The number of amidine groups is 1. The van der Waals surface area contributed by atoms with Crippen molar-refractivity contribution in [2.24, 2.45) is 10.8 Å². The van der Waals surface area contributed by atoms with Gasteiger partial charge in [0.05, 0.1) is 0 Å². The molecule has 3 rings (SSSR count). The molecular weight excluding hydrogens is 332 g/mol. The van der Waals surface area contributed by atoms with Crippen molar-refractivity contribution in [1.82, 2.24) is 30.2 Å². The van der Waals surface area contributed by atoms with Gasteiger partial charge in [0, 0.05) is 23.3 Å². The van der Waals surface area contributed by atoms with Crippen molar-refractivity contribution >= 4 is 11.7 Å². The number of hydrazone groups is 1. The number of nitrogens with zero attached hydrogens (tertiary/aromatic N) is 6. The molecule has 3 N–H and O–H groups in total. The molecule has 0 fully saturated rings. The maximum Gasteiger partial charge on any atom is 0.291 e. The highest BCUT2D eigenvalue weighted by Crippen LogP contribution is 2.10. The first-order chi connectivity index (χ1) is 12.4. The monoisotopic (exact) mass is 350 g/mol. The van der Waals surface area contributed by atoms with Crippen molar-refractivity contribution in [3.05, 3.63) is 65.0 Å². The molecule has 0 aliphatic heterocycles. The van der Waals surface area contributed by atoms with E-state index in [0.717, 1.165) is 17.1 Å². The SMILES string of the molecule is Cc1cc(C)nc(-n2nc(C(=O)N/N=C(\N)c3ccccn3)cc2C)n1. The third-order valence-electron chi connectivity index (χ3n) is 3.49. The van der Waals surface area contributed by atoms with Crippen LogP contribution >= 0.6 is 0 Å². The Kier molecular flexibility index (Phi) is 4.70. The van der Waals surface area contributed by atoms with Gasteiger partial charge in [-0.3, -0.25) is 9.78 Å². The second kappa shape index (κ2) is 7.09. The molecule has 0 aliphatic rings. The van der Waals surface area contributed by atoms with Crippen LogP contribution in [-0.2, 0) is 0 Å². The molecule has 0 unspecified atom stereocenters. The molecule has 0 saturated carbocycles. The summed E-state index contributed by atoms with van der Waals surface area (Å²) in [5.41, 5.74) is 11.2. The summed E-state index contributed by atoms with van der Waals surface area (Å²) in [6, 6.07) is 8.73. The summed E-state index contributed by atoms with van der Waals surface area (Å²) < 4.78 is 1.51. The summed E-state index contributed by atoms with van der Waals surface area (Å²) in [6.07, 6.45) is 1.59. The highest BCUT2D eigenvalue weighted by atomic mass is 16.2. The highest BCUT2D eigenvalue weighted by molar-refractivity contribution is 5.98. The molecule has 132 valence electrons. The number of hydrogen-bond acceptors (Lipinski definition) is 6. The van der Waals surface area contributed by atoms with E-state index in [1.54, 1.807) is 30.5 Å². The fourth-order valence-electron chi connectivity index (χ4n) is 2.33. The van der Waals surface area contributed by atoms with Gasteiger partial charge in [0.15, 0.2) is 11.5 Å². The Hall–Kier alpha value is -3.62. The number of hydrogen-bond donors (Lipinski definition) is 2. The van der Waals surface area contributed by atoms with Crippen LogP contribution in [0.25, 0.3) is 5.95 Å². The van der Waals surface area contributed by atoms with Crippen LogP contribution in [0.4, 0.5) is 0 Å². The predicted molar refractivity (Wildman–Crippen MR) is 95.8 cm³/mol. The molecule has 3 aromatic rings. The van der Waals surface area contributed by atoms with Crippen LogP contribution < -0.4 is 11.2 Å². The number of rotatable bonds is 4. The van der Waals surface area contributed by atoms with Gasteiger partial charge < -0.3 is 5.73 Å². The molecule has 0 saturated heterocycles. The number of nitrogens with two attached hydrogens (primary N) is 1. The van der Waals surface area contributed by atoms with E-state index in [1.807, 2.05) is 26.8 Å². The summed E-state index contributed by atoms with van der Waals surface area (Å²) in [4.78, 5) is 25.1. The minimum absolute atomic E-state index is 0.104. The normalized spacial score (nSPS) is 11.4. The van der Waals surface area contributed by atoms with Crippen LogP contribution in [0.15, 0.2) is 41.6 Å². The third kappa shape index (κ3) is 3.72. The Morgan fingerprint density at radius 3 is 2.50 bits per heavy atom. The number of carbonyl (C=O) groups is 1. The Morgan fingerprint density at radius 1 is 1.12 bits per heavy atom. The van der Waals surface area contributed by atoms with Gasteiger partial charge in [-0.05, 0) is 45.0 Å². The number of nitrogens with one attached hydrogen (secondary N) is 1. The zero-order valence-electron chi connectivity index (χ0n) is 14.6. The maximum atomic E-state index is 12.3. The lowest BCUT2D eigenvalue weighted by Gasteiger charge is -2.04. The van der Waals surface area contributed by atoms with Crippen LogP contribution in [-0.4, -0.2) is 36.5 Å². The fraction of sp³-hybridized carbons (Fsp3) is 0.176. The predicted octanol–water partition coefficient (Wildman–Crippen LogP) is 1.03. The highest BCUT2D eigenvalue weighted by Gasteiger charge is 2.15. The van der Waals surface area contributed by atoms with Gasteiger partial charge in [-0.15, -0.1) is 0 Å². The Bertz CT molecular complexity index is 957. The Morgan fingerprint density at radius 2 is 1.85 bits per heavy atom. The van der Waals surface area contributed by atoms with Crippen LogP contribution in [0, 0.1) is 20.8 Å². The first kappa shape index (κ1) is 17.2. The molecule has 3 heterocycles. The van der Waals surface area contributed by atoms with E-state index in [4.69, 9.17) is 5.73 Å². The van der Waals surface area contributed by atoms with E-state index in [1.165, 1.54) is 4.68 Å². The zero-order valence-corrected chi connectivity index (χ0v) is 14.6. The lowest BCUT2D eigenvalue weighted by molar-refractivity contribution is 0.0949. The summed E-state index contributed by atoms with van der Waals surface area (Å²) >= 11 is 0. The summed E-state index contributed by atoms with van der Waals surface area (Å²) in [5, 5.41) is 8.13. The van der Waals surface area contributed by atoms with Crippen molar-refractivity contribution < 1.29 is 4.79 Å². The van der Waals surface area contributed by atoms with Gasteiger partial charge in [0.1, 0.15) is 5.69 Å². The molecule has 0 aromatic carbocycles. The second-order valence-electron chi connectivity index (χ2n) is 5.69. The molecule has 0 bridgehead atoms. The molecule has 0 aliphatic carbocycles. The Balaban J connectivity index is 1.81. The van der Waals surface area contributed by atoms with E-state index < -0.39 is 5.91 Å². The number of carbonyl (C=O) groups excluding carboxylic acids is 1. The van der Waals surface area contributed by atoms with Crippen LogP contribution in [0.2, 0.25) is 0 Å². The molecule has 9 heteroatoms. The minimum Gasteiger partial charge on any atom is -0.380 e. The fourth-order valence-corrected chi connectivity index (χ4v) is 2.33. The van der Waals surface area contributed by atoms with Crippen molar-refractivity contribution in [2.75, 3.05) is 0 Å². The van der Waals surface area contributed by atoms with Crippen LogP contribution in [0.3, 0.4) is 0 Å². The van der Waals surface area contributed by atoms with E-state index in [2.05, 4.69) is 30.6 Å². The average molecular weight is 350 g/mol. The van der Waals surface area contributed by atoms with Crippen molar-refractivity contribution in [1.29, 1.82) is 0 Å². The van der Waals surface area contributed by atoms with Gasteiger partial charge in [-0.25, -0.2) is 20.1 Å². The van der Waals surface area contributed by atoms with Crippen molar-refractivity contribution in [3.63, 3.8) is 0 Å². The summed E-state index contributed by atoms with van der Waals surface area (Å²) in [5.74, 6) is 0.0263. The van der Waals surface area contributed by atoms with Gasteiger partial charge in [0.25, 0.3) is 11.9 Å². The van der Waals surface area contributed by atoms with Gasteiger partial charge in [0.2, 0.25) is 0 Å². The first-order valence-corrected chi connectivity index (χ1v) is 7.88.